The number of aromatic nitrogens is 3. The van der Waals surface area contributed by atoms with E-state index in [1.165, 1.54) is 11.0 Å². The van der Waals surface area contributed by atoms with Gasteiger partial charge in [-0.1, -0.05) is 12.1 Å². The van der Waals surface area contributed by atoms with Gasteiger partial charge in [-0.25, -0.2) is 9.67 Å². The highest BCUT2D eigenvalue weighted by Crippen LogP contribution is 2.19. The van der Waals surface area contributed by atoms with Crippen LogP contribution in [0.3, 0.4) is 0 Å². The largest absolute Gasteiger partial charge is 0.497 e. The quantitative estimate of drug-likeness (QED) is 0.548. The van der Waals surface area contributed by atoms with Crippen LogP contribution in [-0.2, 0) is 6.54 Å². The maximum atomic E-state index is 12.2. The second-order valence-electron chi connectivity index (χ2n) is 5.54. The third-order valence-corrected chi connectivity index (χ3v) is 4.42. The SMILES string of the molecule is COc1ccc([C@H](O)Cn2cnc(C(=O)Nc3ccc(I)cc3)n2)cc1. The lowest BCUT2D eigenvalue weighted by Gasteiger charge is -2.11. The highest BCUT2D eigenvalue weighted by molar-refractivity contribution is 14.1. The van der Waals surface area contributed by atoms with Gasteiger partial charge in [0.05, 0.1) is 19.8 Å². The van der Waals surface area contributed by atoms with Gasteiger partial charge < -0.3 is 15.2 Å². The number of benzene rings is 2. The summed E-state index contributed by atoms with van der Waals surface area (Å²) < 4.78 is 7.62. The van der Waals surface area contributed by atoms with E-state index in [-0.39, 0.29) is 12.4 Å². The lowest BCUT2D eigenvalue weighted by Crippen LogP contribution is -2.15. The summed E-state index contributed by atoms with van der Waals surface area (Å²) in [7, 11) is 1.59. The third kappa shape index (κ3) is 4.58. The minimum Gasteiger partial charge on any atom is -0.497 e. The zero-order chi connectivity index (χ0) is 18.5. The Morgan fingerprint density at radius 1 is 1.23 bits per heavy atom. The second kappa shape index (κ2) is 8.28. The highest BCUT2D eigenvalue weighted by atomic mass is 127. The fraction of sp³-hybridized carbons (Fsp3) is 0.167. The molecule has 0 aliphatic heterocycles. The molecule has 0 radical (unpaired) electrons. The van der Waals surface area contributed by atoms with E-state index < -0.39 is 12.0 Å². The Kier molecular flexibility index (Phi) is 5.84. The van der Waals surface area contributed by atoms with E-state index >= 15 is 0 Å². The first-order chi connectivity index (χ1) is 12.5. The molecule has 0 aliphatic carbocycles. The van der Waals surface area contributed by atoms with Crippen molar-refractivity contribution in [3.63, 3.8) is 0 Å². The van der Waals surface area contributed by atoms with E-state index in [0.29, 0.717) is 5.69 Å². The zero-order valence-electron chi connectivity index (χ0n) is 14.0. The average Bonchev–Trinajstić information content (AvgIpc) is 3.12. The molecule has 1 atom stereocenters. The van der Waals surface area contributed by atoms with Crippen molar-refractivity contribution in [2.24, 2.45) is 0 Å². The first kappa shape index (κ1) is 18.3. The average molecular weight is 464 g/mol. The molecule has 2 aromatic carbocycles. The standard InChI is InChI=1S/C18H17IN4O3/c1-26-15-8-2-12(3-9-15)16(24)10-23-11-20-17(22-23)18(25)21-14-6-4-13(19)5-7-14/h2-9,11,16,24H,10H2,1H3,(H,21,25)/t16-/m1/s1. The first-order valence-electron chi connectivity index (χ1n) is 7.83. The highest BCUT2D eigenvalue weighted by Gasteiger charge is 2.14. The van der Waals surface area contributed by atoms with Crippen LogP contribution in [0, 0.1) is 3.57 Å². The Hall–Kier alpha value is -2.46. The second-order valence-corrected chi connectivity index (χ2v) is 6.79. The number of aliphatic hydroxyl groups excluding tert-OH is 1. The molecule has 7 nitrogen and oxygen atoms in total. The monoisotopic (exact) mass is 464 g/mol. The normalized spacial score (nSPS) is 11.8. The summed E-state index contributed by atoms with van der Waals surface area (Å²) >= 11 is 2.19. The summed E-state index contributed by atoms with van der Waals surface area (Å²) in [6.45, 7) is 0.191. The molecule has 1 aromatic heterocycles. The van der Waals surface area contributed by atoms with Gasteiger partial charge in [0.1, 0.15) is 12.1 Å². The lowest BCUT2D eigenvalue weighted by atomic mass is 10.1. The molecule has 134 valence electrons. The first-order valence-corrected chi connectivity index (χ1v) is 8.91. The molecular weight excluding hydrogens is 447 g/mol. The van der Waals surface area contributed by atoms with Crippen LogP contribution < -0.4 is 10.1 Å². The van der Waals surface area contributed by atoms with Crippen LogP contribution in [0.25, 0.3) is 0 Å². The topological polar surface area (TPSA) is 89.3 Å². The summed E-state index contributed by atoms with van der Waals surface area (Å²) in [6, 6.07) is 14.5. The lowest BCUT2D eigenvalue weighted by molar-refractivity contribution is 0.101. The predicted molar refractivity (Wildman–Crippen MR) is 105 cm³/mol. The van der Waals surface area contributed by atoms with E-state index in [9.17, 15) is 9.90 Å². The maximum absolute atomic E-state index is 12.2. The van der Waals surface area contributed by atoms with E-state index in [4.69, 9.17) is 4.74 Å². The summed E-state index contributed by atoms with van der Waals surface area (Å²) in [5.41, 5.74) is 1.40. The van der Waals surface area contributed by atoms with Gasteiger partial charge in [0.25, 0.3) is 5.91 Å². The van der Waals surface area contributed by atoms with Crippen molar-refractivity contribution in [3.05, 3.63) is 69.8 Å². The van der Waals surface area contributed by atoms with Crippen molar-refractivity contribution in [1.29, 1.82) is 0 Å². The number of amides is 1. The minimum absolute atomic E-state index is 0.0467. The Balaban J connectivity index is 1.63. The fourth-order valence-electron chi connectivity index (χ4n) is 2.32. The van der Waals surface area contributed by atoms with E-state index in [1.54, 1.807) is 31.4 Å². The number of hydrogen-bond acceptors (Lipinski definition) is 5. The number of halogens is 1. The van der Waals surface area contributed by atoms with Gasteiger partial charge in [0, 0.05) is 9.26 Å². The van der Waals surface area contributed by atoms with Crippen molar-refractivity contribution in [2.45, 2.75) is 12.6 Å². The predicted octanol–water partition coefficient (Wildman–Crippen LogP) is 2.88. The van der Waals surface area contributed by atoms with Crippen molar-refractivity contribution in [2.75, 3.05) is 12.4 Å². The summed E-state index contributed by atoms with van der Waals surface area (Å²) in [6.07, 6.45) is 0.657. The molecular formula is C18H17IN4O3. The molecule has 0 aliphatic rings. The van der Waals surface area contributed by atoms with Gasteiger partial charge >= 0.3 is 0 Å². The van der Waals surface area contributed by atoms with Crippen molar-refractivity contribution >= 4 is 34.2 Å². The Morgan fingerprint density at radius 2 is 1.92 bits per heavy atom. The van der Waals surface area contributed by atoms with E-state index in [2.05, 4.69) is 38.0 Å². The number of hydrogen-bond donors (Lipinski definition) is 2. The van der Waals surface area contributed by atoms with Crippen LogP contribution >= 0.6 is 22.6 Å². The number of carbonyl (C=O) groups is 1. The molecule has 1 heterocycles. The fourth-order valence-corrected chi connectivity index (χ4v) is 2.68. The minimum atomic E-state index is -0.769. The van der Waals surface area contributed by atoms with E-state index in [0.717, 1.165) is 14.9 Å². The van der Waals surface area contributed by atoms with E-state index in [1.807, 2.05) is 24.3 Å². The maximum Gasteiger partial charge on any atom is 0.295 e. The Morgan fingerprint density at radius 3 is 2.58 bits per heavy atom. The van der Waals surface area contributed by atoms with Gasteiger partial charge in [-0.05, 0) is 64.6 Å². The molecule has 0 bridgehead atoms. The van der Waals surface area contributed by atoms with Gasteiger partial charge in [-0.2, -0.15) is 0 Å². The summed E-state index contributed by atoms with van der Waals surface area (Å²) in [5.74, 6) is 0.366. The molecule has 26 heavy (non-hydrogen) atoms. The molecule has 3 rings (SSSR count). The molecule has 0 saturated carbocycles. The van der Waals surface area contributed by atoms with Gasteiger partial charge in [0.2, 0.25) is 5.82 Å². The van der Waals surface area contributed by atoms with Crippen molar-refractivity contribution in [3.8, 4) is 5.75 Å². The molecule has 3 aromatic rings. The Labute approximate surface area is 164 Å². The van der Waals surface area contributed by atoms with Crippen molar-refractivity contribution < 1.29 is 14.6 Å². The number of carbonyl (C=O) groups excluding carboxylic acids is 1. The summed E-state index contributed by atoms with van der Waals surface area (Å²) in [5, 5.41) is 17.2. The van der Waals surface area contributed by atoms with Gasteiger partial charge in [0.15, 0.2) is 0 Å². The smallest absolute Gasteiger partial charge is 0.295 e. The number of aliphatic hydroxyl groups is 1. The number of nitrogens with zero attached hydrogens (tertiary/aromatic N) is 3. The third-order valence-electron chi connectivity index (χ3n) is 3.70. The number of ether oxygens (including phenoxy) is 1. The van der Waals surface area contributed by atoms with Crippen LogP contribution in [0.1, 0.15) is 22.3 Å². The van der Waals surface area contributed by atoms with Gasteiger partial charge in [-0.3, -0.25) is 4.79 Å². The number of anilines is 1. The van der Waals surface area contributed by atoms with Crippen LogP contribution in [0.2, 0.25) is 0 Å². The molecule has 1 amide bonds. The molecule has 2 N–H and O–H groups in total. The van der Waals surface area contributed by atoms with Crippen LogP contribution in [0.15, 0.2) is 54.9 Å². The molecule has 0 saturated heterocycles. The molecule has 0 spiro atoms. The number of nitrogens with one attached hydrogen (secondary N) is 1. The molecule has 8 heteroatoms. The van der Waals surface area contributed by atoms with Crippen LogP contribution in [0.4, 0.5) is 5.69 Å². The Bertz CT molecular complexity index is 878. The van der Waals surface area contributed by atoms with Crippen LogP contribution in [-0.4, -0.2) is 32.9 Å². The van der Waals surface area contributed by atoms with Crippen molar-refractivity contribution in [1.82, 2.24) is 14.8 Å². The summed E-state index contributed by atoms with van der Waals surface area (Å²) in [4.78, 5) is 16.2. The van der Waals surface area contributed by atoms with Crippen LogP contribution in [0.5, 0.6) is 5.75 Å². The number of rotatable bonds is 6. The number of methoxy groups -OCH3 is 1. The van der Waals surface area contributed by atoms with Gasteiger partial charge in [-0.15, -0.1) is 5.10 Å². The molecule has 0 unspecified atom stereocenters. The zero-order valence-corrected chi connectivity index (χ0v) is 16.1. The molecule has 0 fully saturated rings.